The highest BCUT2D eigenvalue weighted by molar-refractivity contribution is 5.72. The lowest BCUT2D eigenvalue weighted by Crippen LogP contribution is -2.24. The molecule has 1 aliphatic rings. The molecule has 1 atom stereocenters. The zero-order chi connectivity index (χ0) is 11.2. The second-order valence-corrected chi connectivity index (χ2v) is 4.38. The van der Waals surface area contributed by atoms with Crippen molar-refractivity contribution in [1.82, 2.24) is 0 Å². The van der Waals surface area contributed by atoms with Gasteiger partial charge in [0.25, 0.3) is 0 Å². The first-order valence-electron chi connectivity index (χ1n) is 6.07. The molecule has 1 aromatic rings. The van der Waals surface area contributed by atoms with Crippen molar-refractivity contribution < 1.29 is 9.53 Å². The molecule has 0 amide bonds. The monoisotopic (exact) mass is 218 g/mol. The molecule has 0 aromatic heterocycles. The first kappa shape index (κ1) is 11.2. The van der Waals surface area contributed by atoms with Crippen molar-refractivity contribution in [3.05, 3.63) is 35.9 Å². The Balaban J connectivity index is 1.73. The van der Waals surface area contributed by atoms with Crippen molar-refractivity contribution in [1.29, 1.82) is 0 Å². The van der Waals surface area contributed by atoms with E-state index < -0.39 is 0 Å². The summed E-state index contributed by atoms with van der Waals surface area (Å²) < 4.78 is 5.05. The van der Waals surface area contributed by atoms with Crippen LogP contribution in [0.3, 0.4) is 0 Å². The van der Waals surface area contributed by atoms with Crippen LogP contribution in [-0.2, 0) is 16.0 Å². The van der Waals surface area contributed by atoms with Gasteiger partial charge in [0.15, 0.2) is 0 Å². The average molecular weight is 218 g/mol. The summed E-state index contributed by atoms with van der Waals surface area (Å²) >= 11 is 0. The van der Waals surface area contributed by atoms with E-state index >= 15 is 0 Å². The SMILES string of the molecule is O=C1OCCCC1CCCc1ccccc1. The van der Waals surface area contributed by atoms with Crippen LogP contribution in [0.5, 0.6) is 0 Å². The topological polar surface area (TPSA) is 26.3 Å². The Labute approximate surface area is 96.6 Å². The molecular weight excluding hydrogens is 200 g/mol. The third-order valence-corrected chi connectivity index (χ3v) is 3.14. The van der Waals surface area contributed by atoms with Gasteiger partial charge in [-0.25, -0.2) is 0 Å². The second kappa shape index (κ2) is 5.69. The summed E-state index contributed by atoms with van der Waals surface area (Å²) in [4.78, 5) is 11.4. The van der Waals surface area contributed by atoms with Gasteiger partial charge in [-0.2, -0.15) is 0 Å². The Morgan fingerprint density at radius 1 is 1.25 bits per heavy atom. The fourth-order valence-corrected chi connectivity index (χ4v) is 2.20. The number of rotatable bonds is 4. The maximum atomic E-state index is 11.4. The van der Waals surface area contributed by atoms with Crippen molar-refractivity contribution in [3.8, 4) is 0 Å². The van der Waals surface area contributed by atoms with Crippen LogP contribution in [0.15, 0.2) is 30.3 Å². The summed E-state index contributed by atoms with van der Waals surface area (Å²) in [6, 6.07) is 10.4. The number of aryl methyl sites for hydroxylation is 1. The third-order valence-electron chi connectivity index (χ3n) is 3.14. The van der Waals surface area contributed by atoms with Crippen molar-refractivity contribution in [2.75, 3.05) is 6.61 Å². The molecule has 1 aliphatic heterocycles. The molecule has 0 bridgehead atoms. The quantitative estimate of drug-likeness (QED) is 0.726. The Bertz CT molecular complexity index is 332. The van der Waals surface area contributed by atoms with Gasteiger partial charge in [-0.1, -0.05) is 30.3 Å². The lowest BCUT2D eigenvalue weighted by atomic mass is 9.94. The number of carbonyl (C=O) groups is 1. The highest BCUT2D eigenvalue weighted by atomic mass is 16.5. The molecular formula is C14H18O2. The average Bonchev–Trinajstić information content (AvgIpc) is 2.33. The van der Waals surface area contributed by atoms with E-state index in [1.54, 1.807) is 0 Å². The summed E-state index contributed by atoms with van der Waals surface area (Å²) in [5, 5.41) is 0. The van der Waals surface area contributed by atoms with Crippen LogP contribution in [0.1, 0.15) is 31.2 Å². The number of benzene rings is 1. The molecule has 2 nitrogen and oxygen atoms in total. The lowest BCUT2D eigenvalue weighted by molar-refractivity contribution is -0.153. The maximum Gasteiger partial charge on any atom is 0.308 e. The molecule has 1 heterocycles. The van der Waals surface area contributed by atoms with E-state index in [2.05, 4.69) is 24.3 Å². The summed E-state index contributed by atoms with van der Waals surface area (Å²) in [6.07, 6.45) is 5.14. The Hall–Kier alpha value is -1.31. The first-order chi connectivity index (χ1) is 7.86. The van der Waals surface area contributed by atoms with Crippen LogP contribution in [0.4, 0.5) is 0 Å². The third kappa shape index (κ3) is 3.09. The van der Waals surface area contributed by atoms with E-state index in [4.69, 9.17) is 4.74 Å². The summed E-state index contributed by atoms with van der Waals surface area (Å²) in [5.41, 5.74) is 1.35. The molecule has 1 fully saturated rings. The highest BCUT2D eigenvalue weighted by Gasteiger charge is 2.22. The largest absolute Gasteiger partial charge is 0.465 e. The molecule has 2 heteroatoms. The summed E-state index contributed by atoms with van der Waals surface area (Å²) in [6.45, 7) is 0.619. The smallest absolute Gasteiger partial charge is 0.308 e. The fourth-order valence-electron chi connectivity index (χ4n) is 2.20. The summed E-state index contributed by atoms with van der Waals surface area (Å²) in [7, 11) is 0. The van der Waals surface area contributed by atoms with Gasteiger partial charge in [-0.05, 0) is 37.7 Å². The normalized spacial score (nSPS) is 20.5. The second-order valence-electron chi connectivity index (χ2n) is 4.38. The van der Waals surface area contributed by atoms with E-state index in [9.17, 15) is 4.79 Å². The van der Waals surface area contributed by atoms with E-state index in [1.165, 1.54) is 5.56 Å². The molecule has 2 rings (SSSR count). The van der Waals surface area contributed by atoms with Crippen LogP contribution < -0.4 is 0 Å². The molecule has 1 aromatic carbocycles. The zero-order valence-electron chi connectivity index (χ0n) is 9.52. The highest BCUT2D eigenvalue weighted by Crippen LogP contribution is 2.21. The number of carbonyl (C=O) groups excluding carboxylic acids is 1. The minimum absolute atomic E-state index is 0.0133. The molecule has 16 heavy (non-hydrogen) atoms. The van der Waals surface area contributed by atoms with E-state index in [0.29, 0.717) is 6.61 Å². The molecule has 1 unspecified atom stereocenters. The number of hydrogen-bond donors (Lipinski definition) is 0. The van der Waals surface area contributed by atoms with Gasteiger partial charge in [0.1, 0.15) is 0 Å². The van der Waals surface area contributed by atoms with Gasteiger partial charge in [0, 0.05) is 0 Å². The van der Waals surface area contributed by atoms with Crippen LogP contribution in [-0.4, -0.2) is 12.6 Å². The van der Waals surface area contributed by atoms with E-state index in [0.717, 1.165) is 32.1 Å². The lowest BCUT2D eigenvalue weighted by Gasteiger charge is -2.20. The van der Waals surface area contributed by atoms with Gasteiger partial charge in [-0.3, -0.25) is 4.79 Å². The first-order valence-corrected chi connectivity index (χ1v) is 6.07. The van der Waals surface area contributed by atoms with Crippen LogP contribution in [0, 0.1) is 5.92 Å². The zero-order valence-corrected chi connectivity index (χ0v) is 9.52. The predicted octanol–water partition coefficient (Wildman–Crippen LogP) is 2.96. The molecule has 0 saturated carbocycles. The van der Waals surface area contributed by atoms with Crippen LogP contribution >= 0.6 is 0 Å². The molecule has 0 spiro atoms. The van der Waals surface area contributed by atoms with Gasteiger partial charge in [-0.15, -0.1) is 0 Å². The fraction of sp³-hybridized carbons (Fsp3) is 0.500. The predicted molar refractivity (Wildman–Crippen MR) is 63.1 cm³/mol. The van der Waals surface area contributed by atoms with Gasteiger partial charge in [0.05, 0.1) is 12.5 Å². The number of esters is 1. The van der Waals surface area contributed by atoms with Crippen LogP contribution in [0.25, 0.3) is 0 Å². The van der Waals surface area contributed by atoms with Gasteiger partial charge in [0.2, 0.25) is 0 Å². The maximum absolute atomic E-state index is 11.4. The van der Waals surface area contributed by atoms with Crippen molar-refractivity contribution in [2.45, 2.75) is 32.1 Å². The molecule has 0 N–H and O–H groups in total. The molecule has 0 radical (unpaired) electrons. The number of ether oxygens (including phenoxy) is 1. The number of cyclic esters (lactones) is 1. The molecule has 1 saturated heterocycles. The number of hydrogen-bond acceptors (Lipinski definition) is 2. The van der Waals surface area contributed by atoms with Gasteiger partial charge < -0.3 is 4.74 Å². The minimum Gasteiger partial charge on any atom is -0.465 e. The van der Waals surface area contributed by atoms with Crippen molar-refractivity contribution in [2.24, 2.45) is 5.92 Å². The standard InChI is InChI=1S/C14H18O2/c15-14-13(10-5-11-16-14)9-4-8-12-6-2-1-3-7-12/h1-3,6-7,13H,4-5,8-11H2. The molecule has 0 aliphatic carbocycles. The van der Waals surface area contributed by atoms with E-state index in [1.807, 2.05) is 6.07 Å². The van der Waals surface area contributed by atoms with E-state index in [-0.39, 0.29) is 11.9 Å². The van der Waals surface area contributed by atoms with Crippen LogP contribution in [0.2, 0.25) is 0 Å². The van der Waals surface area contributed by atoms with Gasteiger partial charge >= 0.3 is 5.97 Å². The minimum atomic E-state index is 0.0133. The Morgan fingerprint density at radius 2 is 2.06 bits per heavy atom. The molecule has 86 valence electrons. The Kier molecular flexibility index (Phi) is 3.97. The van der Waals surface area contributed by atoms with Crippen molar-refractivity contribution in [3.63, 3.8) is 0 Å². The van der Waals surface area contributed by atoms with Crippen molar-refractivity contribution >= 4 is 5.97 Å². The summed E-state index contributed by atoms with van der Waals surface area (Å²) in [5.74, 6) is 0.164. The Morgan fingerprint density at radius 3 is 2.81 bits per heavy atom.